The first-order valence-electron chi connectivity index (χ1n) is 8.94. The van der Waals surface area contributed by atoms with E-state index in [1.807, 2.05) is 30.3 Å². The van der Waals surface area contributed by atoms with Gasteiger partial charge in [0.25, 0.3) is 5.91 Å². The van der Waals surface area contributed by atoms with Crippen LogP contribution < -0.4 is 5.32 Å². The van der Waals surface area contributed by atoms with Gasteiger partial charge in [0, 0.05) is 11.6 Å². The highest BCUT2D eigenvalue weighted by atomic mass is 19.1. The van der Waals surface area contributed by atoms with Crippen LogP contribution in [-0.2, 0) is 16.9 Å². The minimum atomic E-state index is -1.22. The van der Waals surface area contributed by atoms with Gasteiger partial charge in [0.2, 0.25) is 0 Å². The fraction of sp³-hybridized carbons (Fsp3) is 0.190. The summed E-state index contributed by atoms with van der Waals surface area (Å²) in [6, 6.07) is 16.2. The molecule has 0 spiro atoms. The molecule has 0 aliphatic carbocycles. The maximum absolute atomic E-state index is 13.3. The van der Waals surface area contributed by atoms with Gasteiger partial charge in [0.05, 0.1) is 6.54 Å². The molecule has 1 aliphatic rings. The lowest BCUT2D eigenvalue weighted by molar-refractivity contribution is -0.132. The molecular formula is C21H18FN3O3. The van der Waals surface area contributed by atoms with Gasteiger partial charge < -0.3 is 9.84 Å². The van der Waals surface area contributed by atoms with Crippen molar-refractivity contribution in [1.29, 1.82) is 0 Å². The molecule has 4 rings (SSSR count). The van der Waals surface area contributed by atoms with Crippen molar-refractivity contribution in [1.82, 2.24) is 15.4 Å². The number of hydrogen-bond donors (Lipinski definition) is 1. The number of imide groups is 1. The predicted molar refractivity (Wildman–Crippen MR) is 99.4 cm³/mol. The van der Waals surface area contributed by atoms with Crippen LogP contribution in [0.5, 0.6) is 0 Å². The minimum absolute atomic E-state index is 0.0343. The van der Waals surface area contributed by atoms with Crippen LogP contribution in [0.1, 0.15) is 24.7 Å². The Balaban J connectivity index is 1.59. The third kappa shape index (κ3) is 2.94. The number of urea groups is 1. The number of aromatic nitrogens is 1. The quantitative estimate of drug-likeness (QED) is 0.684. The Morgan fingerprint density at radius 3 is 2.50 bits per heavy atom. The van der Waals surface area contributed by atoms with Crippen LogP contribution in [0.2, 0.25) is 0 Å². The molecule has 1 unspecified atom stereocenters. The molecule has 7 heteroatoms. The average Bonchev–Trinajstić information content (AvgIpc) is 3.28. The van der Waals surface area contributed by atoms with E-state index in [-0.39, 0.29) is 6.54 Å². The molecule has 1 N–H and O–H groups in total. The predicted octanol–water partition coefficient (Wildman–Crippen LogP) is 3.84. The third-order valence-electron chi connectivity index (χ3n) is 4.99. The molecule has 1 fully saturated rings. The molecule has 1 aromatic heterocycles. The fourth-order valence-electron chi connectivity index (χ4n) is 3.43. The number of hydrogen-bond acceptors (Lipinski definition) is 4. The first-order chi connectivity index (χ1) is 13.5. The number of carbonyl (C=O) groups is 2. The SMILES string of the molecule is CCC1(c2ccc(F)cc2)NC(=O)N(Cc2cc(-c3ccccc3)no2)C1=O. The van der Waals surface area contributed by atoms with Crippen LogP contribution in [0, 0.1) is 5.82 Å². The average molecular weight is 379 g/mol. The molecular weight excluding hydrogens is 361 g/mol. The number of benzene rings is 2. The van der Waals surface area contributed by atoms with E-state index in [2.05, 4.69) is 10.5 Å². The second-order valence-corrected chi connectivity index (χ2v) is 6.63. The Hall–Kier alpha value is -3.48. The van der Waals surface area contributed by atoms with Crippen molar-refractivity contribution in [3.8, 4) is 11.3 Å². The molecule has 1 saturated heterocycles. The number of rotatable bonds is 5. The van der Waals surface area contributed by atoms with Crippen molar-refractivity contribution in [3.63, 3.8) is 0 Å². The van der Waals surface area contributed by atoms with Gasteiger partial charge in [-0.05, 0) is 24.1 Å². The summed E-state index contributed by atoms with van der Waals surface area (Å²) in [7, 11) is 0. The summed E-state index contributed by atoms with van der Waals surface area (Å²) in [5, 5.41) is 6.78. The molecule has 1 atom stereocenters. The Morgan fingerprint density at radius 1 is 1.11 bits per heavy atom. The molecule has 142 valence electrons. The summed E-state index contributed by atoms with van der Waals surface area (Å²) in [5.74, 6) is -0.406. The lowest BCUT2D eigenvalue weighted by atomic mass is 9.87. The highest BCUT2D eigenvalue weighted by Crippen LogP contribution is 2.33. The molecule has 0 radical (unpaired) electrons. The summed E-state index contributed by atoms with van der Waals surface area (Å²) in [4.78, 5) is 26.8. The molecule has 0 bridgehead atoms. The molecule has 0 saturated carbocycles. The smallest absolute Gasteiger partial charge is 0.325 e. The van der Waals surface area contributed by atoms with E-state index in [0.717, 1.165) is 10.5 Å². The first-order valence-corrected chi connectivity index (χ1v) is 8.94. The van der Waals surface area contributed by atoms with Crippen molar-refractivity contribution in [3.05, 3.63) is 77.8 Å². The van der Waals surface area contributed by atoms with Crippen molar-refractivity contribution in [2.45, 2.75) is 25.4 Å². The topological polar surface area (TPSA) is 75.4 Å². The number of amides is 3. The maximum atomic E-state index is 13.3. The fourth-order valence-corrected chi connectivity index (χ4v) is 3.43. The third-order valence-corrected chi connectivity index (χ3v) is 4.99. The zero-order valence-electron chi connectivity index (χ0n) is 15.2. The van der Waals surface area contributed by atoms with E-state index in [1.165, 1.54) is 24.3 Å². The molecule has 2 heterocycles. The maximum Gasteiger partial charge on any atom is 0.325 e. The molecule has 28 heavy (non-hydrogen) atoms. The lowest BCUT2D eigenvalue weighted by Gasteiger charge is -2.25. The van der Waals surface area contributed by atoms with Crippen molar-refractivity contribution >= 4 is 11.9 Å². The lowest BCUT2D eigenvalue weighted by Crippen LogP contribution is -2.43. The molecule has 2 aromatic carbocycles. The van der Waals surface area contributed by atoms with Gasteiger partial charge >= 0.3 is 6.03 Å². The Morgan fingerprint density at radius 2 is 1.82 bits per heavy atom. The van der Waals surface area contributed by atoms with Gasteiger partial charge in [-0.15, -0.1) is 0 Å². The van der Waals surface area contributed by atoms with Gasteiger partial charge in [-0.3, -0.25) is 9.69 Å². The summed E-state index contributed by atoms with van der Waals surface area (Å²) in [6.45, 7) is 1.76. The van der Waals surface area contributed by atoms with E-state index < -0.39 is 23.3 Å². The van der Waals surface area contributed by atoms with Gasteiger partial charge in [0.15, 0.2) is 5.76 Å². The highest BCUT2D eigenvalue weighted by molar-refractivity contribution is 6.07. The van der Waals surface area contributed by atoms with E-state index in [0.29, 0.717) is 23.4 Å². The second kappa shape index (κ2) is 6.92. The normalized spacial score (nSPS) is 19.1. The first kappa shape index (κ1) is 17.9. The van der Waals surface area contributed by atoms with Gasteiger partial charge in [-0.2, -0.15) is 0 Å². The van der Waals surface area contributed by atoms with Crippen LogP contribution in [0.3, 0.4) is 0 Å². The van der Waals surface area contributed by atoms with Crippen molar-refractivity contribution < 1.29 is 18.5 Å². The Bertz CT molecular complexity index is 1020. The van der Waals surface area contributed by atoms with Crippen molar-refractivity contribution in [2.24, 2.45) is 0 Å². The van der Waals surface area contributed by atoms with Gasteiger partial charge in [0.1, 0.15) is 17.1 Å². The van der Waals surface area contributed by atoms with Crippen LogP contribution >= 0.6 is 0 Å². The van der Waals surface area contributed by atoms with E-state index in [4.69, 9.17) is 4.52 Å². The molecule has 6 nitrogen and oxygen atoms in total. The van der Waals surface area contributed by atoms with Gasteiger partial charge in [-0.1, -0.05) is 54.5 Å². The molecule has 3 amide bonds. The largest absolute Gasteiger partial charge is 0.359 e. The second-order valence-electron chi connectivity index (χ2n) is 6.63. The standard InChI is InChI=1S/C21H18FN3O3/c1-2-21(15-8-10-16(22)11-9-15)19(26)25(20(27)23-21)13-17-12-18(24-28-17)14-6-4-3-5-7-14/h3-12H,2,13H2,1H3,(H,23,27). The van der Waals surface area contributed by atoms with Gasteiger partial charge in [-0.25, -0.2) is 9.18 Å². The molecule has 1 aliphatic heterocycles. The minimum Gasteiger partial charge on any atom is -0.359 e. The van der Waals surface area contributed by atoms with Crippen LogP contribution in [0.25, 0.3) is 11.3 Å². The summed E-state index contributed by atoms with van der Waals surface area (Å²) >= 11 is 0. The van der Waals surface area contributed by atoms with Crippen LogP contribution in [-0.4, -0.2) is 22.0 Å². The van der Waals surface area contributed by atoms with Crippen LogP contribution in [0.4, 0.5) is 9.18 Å². The summed E-state index contributed by atoms with van der Waals surface area (Å²) in [6.07, 6.45) is 0.339. The van der Waals surface area contributed by atoms with E-state index in [9.17, 15) is 14.0 Å². The summed E-state index contributed by atoms with van der Waals surface area (Å²) in [5.41, 5.74) is 0.833. The Labute approximate surface area is 160 Å². The van der Waals surface area contributed by atoms with E-state index >= 15 is 0 Å². The van der Waals surface area contributed by atoms with E-state index in [1.54, 1.807) is 13.0 Å². The monoisotopic (exact) mass is 379 g/mol. The number of nitrogens with zero attached hydrogens (tertiary/aromatic N) is 2. The summed E-state index contributed by atoms with van der Waals surface area (Å²) < 4.78 is 18.6. The number of halogens is 1. The Kier molecular flexibility index (Phi) is 4.43. The zero-order chi connectivity index (χ0) is 19.7. The number of carbonyl (C=O) groups excluding carboxylic acids is 2. The highest BCUT2D eigenvalue weighted by Gasteiger charge is 2.51. The molecule has 3 aromatic rings. The zero-order valence-corrected chi connectivity index (χ0v) is 15.2. The number of nitrogens with one attached hydrogen (secondary N) is 1. The van der Waals surface area contributed by atoms with Crippen LogP contribution in [0.15, 0.2) is 65.2 Å². The van der Waals surface area contributed by atoms with Crippen molar-refractivity contribution in [2.75, 3.05) is 0 Å².